The van der Waals surface area contributed by atoms with Gasteiger partial charge >= 0.3 is 0 Å². The zero-order valence-corrected chi connectivity index (χ0v) is 16.6. The number of hydrogen-bond acceptors (Lipinski definition) is 0. The van der Waals surface area contributed by atoms with E-state index in [0.29, 0.717) is 0 Å². The smallest absolute Gasteiger partial charge is 0.200 e. The number of pyridine rings is 1. The van der Waals surface area contributed by atoms with Gasteiger partial charge in [-0.1, -0.05) is 75.9 Å². The molecule has 0 saturated heterocycles. The van der Waals surface area contributed by atoms with Crippen LogP contribution in [0, 0.1) is 0 Å². The summed E-state index contributed by atoms with van der Waals surface area (Å²) in [7, 11) is 2.11. The Morgan fingerprint density at radius 1 is 0.852 bits per heavy atom. The van der Waals surface area contributed by atoms with Crippen LogP contribution in [-0.2, 0) is 12.5 Å². The third-order valence-electron chi connectivity index (χ3n) is 5.44. The third-order valence-corrected chi connectivity index (χ3v) is 5.44. The van der Waals surface area contributed by atoms with E-state index < -0.39 is 0 Å². The molecule has 1 heterocycles. The van der Waals surface area contributed by atoms with Gasteiger partial charge in [0.05, 0.1) is 10.9 Å². The average Bonchev–Trinajstić information content (AvgIpc) is 2.66. The van der Waals surface area contributed by atoms with E-state index in [9.17, 15) is 0 Å². The van der Waals surface area contributed by atoms with E-state index in [1.807, 2.05) is 6.08 Å². The fraction of sp³-hybridized carbons (Fsp3) is 0.192. The lowest BCUT2D eigenvalue weighted by atomic mass is 9.85. The quantitative estimate of drug-likeness (QED) is 0.289. The minimum atomic E-state index is 0.153. The highest BCUT2D eigenvalue weighted by Crippen LogP contribution is 2.34. The Labute approximate surface area is 161 Å². The van der Waals surface area contributed by atoms with E-state index in [-0.39, 0.29) is 5.41 Å². The molecular formula is C26H26N+. The van der Waals surface area contributed by atoms with Gasteiger partial charge in [0, 0.05) is 11.5 Å². The molecule has 0 unspecified atom stereocenters. The van der Waals surface area contributed by atoms with Crippen LogP contribution in [0.1, 0.15) is 31.9 Å². The summed E-state index contributed by atoms with van der Waals surface area (Å²) in [6.07, 6.45) is 4.10. The molecule has 0 N–H and O–H groups in total. The van der Waals surface area contributed by atoms with E-state index in [1.165, 1.54) is 38.4 Å². The molecule has 1 heteroatoms. The molecule has 0 radical (unpaired) electrons. The summed E-state index contributed by atoms with van der Waals surface area (Å²) in [5.41, 5.74) is 5.12. The van der Waals surface area contributed by atoms with Crippen molar-refractivity contribution in [2.24, 2.45) is 7.05 Å². The van der Waals surface area contributed by atoms with Crippen LogP contribution in [0.25, 0.3) is 38.9 Å². The lowest BCUT2D eigenvalue weighted by Gasteiger charge is -2.20. The fourth-order valence-corrected chi connectivity index (χ4v) is 3.88. The normalized spacial score (nSPS) is 11.9. The molecule has 0 aliphatic heterocycles. The van der Waals surface area contributed by atoms with Crippen molar-refractivity contribution in [3.8, 4) is 11.3 Å². The van der Waals surface area contributed by atoms with Crippen LogP contribution in [0.15, 0.2) is 73.4 Å². The largest absolute Gasteiger partial charge is 0.220 e. The van der Waals surface area contributed by atoms with Gasteiger partial charge in [-0.15, -0.1) is 0 Å². The van der Waals surface area contributed by atoms with E-state index in [1.54, 1.807) is 0 Å². The predicted octanol–water partition coefficient (Wildman–Crippen LogP) is 6.43. The summed E-state index contributed by atoms with van der Waals surface area (Å²) in [5, 5.41) is 5.16. The zero-order valence-electron chi connectivity index (χ0n) is 16.6. The van der Waals surface area contributed by atoms with Crippen LogP contribution in [0.4, 0.5) is 0 Å². The maximum absolute atomic E-state index is 4.00. The van der Waals surface area contributed by atoms with Crippen molar-refractivity contribution >= 4 is 27.6 Å². The Morgan fingerprint density at radius 3 is 2.33 bits per heavy atom. The minimum absolute atomic E-state index is 0.153. The van der Waals surface area contributed by atoms with Crippen molar-refractivity contribution in [2.75, 3.05) is 0 Å². The maximum atomic E-state index is 4.00. The molecule has 0 bridgehead atoms. The molecule has 4 rings (SSSR count). The average molecular weight is 353 g/mol. The van der Waals surface area contributed by atoms with Crippen LogP contribution in [0.5, 0.6) is 0 Å². The molecule has 27 heavy (non-hydrogen) atoms. The van der Waals surface area contributed by atoms with Crippen LogP contribution in [-0.4, -0.2) is 0 Å². The lowest BCUT2D eigenvalue weighted by Crippen LogP contribution is -2.30. The first kappa shape index (κ1) is 17.5. The Hall–Kier alpha value is -2.93. The summed E-state index contributed by atoms with van der Waals surface area (Å²) < 4.78 is 2.21. The van der Waals surface area contributed by atoms with Gasteiger partial charge in [-0.25, -0.2) is 4.57 Å². The standard InChI is InChI=1S/C26H26N/c1-6-18-9-7-8-10-22(18)25-24-13-11-19-17-20(26(2,3)4)12-14-21(19)23(24)15-16-27(25)5/h6-17H,1H2,2-5H3/q+1. The van der Waals surface area contributed by atoms with Gasteiger partial charge in [-0.05, 0) is 39.4 Å². The predicted molar refractivity (Wildman–Crippen MR) is 117 cm³/mol. The van der Waals surface area contributed by atoms with Gasteiger partial charge in [0.1, 0.15) is 7.05 Å². The SMILES string of the molecule is C=Cc1ccccc1-c1c2ccc3cc(C(C)(C)C)ccc3c2cc[n+]1C. The molecule has 0 spiro atoms. The van der Waals surface area contributed by atoms with Gasteiger partial charge in [-0.3, -0.25) is 0 Å². The Morgan fingerprint density at radius 2 is 1.59 bits per heavy atom. The molecular weight excluding hydrogens is 326 g/mol. The number of benzene rings is 3. The highest BCUT2D eigenvalue weighted by molar-refractivity contribution is 6.11. The highest BCUT2D eigenvalue weighted by atomic mass is 14.9. The maximum Gasteiger partial charge on any atom is 0.220 e. The third kappa shape index (κ3) is 2.94. The molecule has 0 aliphatic rings. The van der Waals surface area contributed by atoms with E-state index in [0.717, 1.165) is 5.56 Å². The fourth-order valence-electron chi connectivity index (χ4n) is 3.88. The second kappa shape index (κ2) is 6.35. The molecule has 134 valence electrons. The number of rotatable bonds is 2. The van der Waals surface area contributed by atoms with Crippen molar-refractivity contribution in [3.63, 3.8) is 0 Å². The Balaban J connectivity index is 2.06. The zero-order chi connectivity index (χ0) is 19.2. The number of fused-ring (bicyclic) bond motifs is 3. The van der Waals surface area contributed by atoms with E-state index in [4.69, 9.17) is 0 Å². The van der Waals surface area contributed by atoms with E-state index in [2.05, 4.69) is 106 Å². The molecule has 0 atom stereocenters. The number of nitrogens with zero attached hydrogens (tertiary/aromatic N) is 1. The molecule has 0 saturated carbocycles. The molecule has 1 nitrogen and oxygen atoms in total. The van der Waals surface area contributed by atoms with Crippen molar-refractivity contribution in [1.82, 2.24) is 0 Å². The lowest BCUT2D eigenvalue weighted by molar-refractivity contribution is -0.659. The first-order valence-corrected chi connectivity index (χ1v) is 9.47. The first-order valence-electron chi connectivity index (χ1n) is 9.47. The highest BCUT2D eigenvalue weighted by Gasteiger charge is 2.19. The van der Waals surface area contributed by atoms with Crippen molar-refractivity contribution in [2.45, 2.75) is 26.2 Å². The summed E-state index contributed by atoms with van der Waals surface area (Å²) in [5.74, 6) is 0. The van der Waals surface area contributed by atoms with Gasteiger partial charge in [0.25, 0.3) is 0 Å². The summed E-state index contributed by atoms with van der Waals surface area (Å²) in [6.45, 7) is 10.8. The van der Waals surface area contributed by atoms with Gasteiger partial charge in [-0.2, -0.15) is 0 Å². The van der Waals surface area contributed by atoms with Gasteiger partial charge in [0.15, 0.2) is 6.20 Å². The molecule has 1 aromatic heterocycles. The van der Waals surface area contributed by atoms with Crippen LogP contribution < -0.4 is 4.57 Å². The Bertz CT molecular complexity index is 1180. The van der Waals surface area contributed by atoms with E-state index >= 15 is 0 Å². The monoisotopic (exact) mass is 352 g/mol. The number of hydrogen-bond donors (Lipinski definition) is 0. The second-order valence-corrected chi connectivity index (χ2v) is 8.28. The number of aryl methyl sites for hydroxylation is 1. The van der Waals surface area contributed by atoms with Gasteiger partial charge < -0.3 is 0 Å². The van der Waals surface area contributed by atoms with Crippen molar-refractivity contribution < 1.29 is 4.57 Å². The molecule has 0 amide bonds. The van der Waals surface area contributed by atoms with Crippen LogP contribution in [0.3, 0.4) is 0 Å². The van der Waals surface area contributed by atoms with Crippen molar-refractivity contribution in [3.05, 3.63) is 84.6 Å². The summed E-state index contributed by atoms with van der Waals surface area (Å²) in [6, 6.07) is 22.1. The number of aromatic nitrogens is 1. The van der Waals surface area contributed by atoms with Crippen molar-refractivity contribution in [1.29, 1.82) is 0 Å². The molecule has 3 aromatic carbocycles. The van der Waals surface area contributed by atoms with Crippen LogP contribution >= 0.6 is 0 Å². The molecule has 0 fully saturated rings. The molecule has 4 aromatic rings. The summed E-state index contributed by atoms with van der Waals surface area (Å²) in [4.78, 5) is 0. The Kier molecular flexibility index (Phi) is 4.11. The first-order chi connectivity index (χ1) is 12.9. The molecule has 0 aliphatic carbocycles. The second-order valence-electron chi connectivity index (χ2n) is 8.28. The van der Waals surface area contributed by atoms with Crippen LogP contribution in [0.2, 0.25) is 0 Å². The topological polar surface area (TPSA) is 3.88 Å². The summed E-state index contributed by atoms with van der Waals surface area (Å²) >= 11 is 0. The van der Waals surface area contributed by atoms with Gasteiger partial charge in [0.2, 0.25) is 5.69 Å². The minimum Gasteiger partial charge on any atom is -0.200 e.